The molecule has 1 aliphatic rings. The quantitative estimate of drug-likeness (QED) is 0.607. The van der Waals surface area contributed by atoms with Crippen LogP contribution in [-0.4, -0.2) is 51.1 Å². The number of imidazole rings is 1. The number of nitrogens with zero attached hydrogens (tertiary/aromatic N) is 6. The number of H-pyrrole nitrogens is 1. The highest BCUT2D eigenvalue weighted by molar-refractivity contribution is 5.83. The second-order valence-electron chi connectivity index (χ2n) is 6.13. The summed E-state index contributed by atoms with van der Waals surface area (Å²) in [4.78, 5) is 25.4. The number of benzene rings is 1. The topological polar surface area (TPSA) is 73.8 Å². The van der Waals surface area contributed by atoms with E-state index in [1.807, 2.05) is 12.1 Å². The lowest BCUT2D eigenvalue weighted by Gasteiger charge is -2.36. The second kappa shape index (κ2) is 5.70. The third kappa shape index (κ3) is 2.44. The van der Waals surface area contributed by atoms with Gasteiger partial charge in [-0.1, -0.05) is 18.2 Å². The van der Waals surface area contributed by atoms with Gasteiger partial charge in [-0.25, -0.2) is 19.9 Å². The minimum absolute atomic E-state index is 0.712. The molecule has 0 spiro atoms. The van der Waals surface area contributed by atoms with Crippen molar-refractivity contribution < 1.29 is 0 Å². The summed E-state index contributed by atoms with van der Waals surface area (Å²) >= 11 is 0. The molecule has 1 N–H and O–H groups in total. The van der Waals surface area contributed by atoms with E-state index in [2.05, 4.69) is 54.0 Å². The number of aromatic nitrogens is 5. The average Bonchev–Trinajstić information content (AvgIpc) is 3.17. The molecule has 1 aromatic carbocycles. The number of hydrogen-bond acceptors (Lipinski definition) is 6. The predicted molar refractivity (Wildman–Crippen MR) is 97.9 cm³/mol. The molecule has 4 heterocycles. The van der Waals surface area contributed by atoms with E-state index in [9.17, 15) is 0 Å². The van der Waals surface area contributed by atoms with E-state index >= 15 is 0 Å². The predicted octanol–water partition coefficient (Wildman–Crippen LogP) is 2.23. The molecule has 0 saturated carbocycles. The maximum absolute atomic E-state index is 4.80. The summed E-state index contributed by atoms with van der Waals surface area (Å²) in [5.41, 5.74) is 2.65. The SMILES string of the molecule is c1ccc2nc(N3CCN(c4ncnc5nc[nH]c45)CC3)ccc2c1. The maximum Gasteiger partial charge on any atom is 0.182 e. The number of rotatable bonds is 2. The summed E-state index contributed by atoms with van der Waals surface area (Å²) in [6, 6.07) is 12.5. The minimum Gasteiger partial charge on any atom is -0.353 e. The highest BCUT2D eigenvalue weighted by Gasteiger charge is 2.21. The second-order valence-corrected chi connectivity index (χ2v) is 6.13. The van der Waals surface area contributed by atoms with Gasteiger partial charge < -0.3 is 14.8 Å². The third-order valence-corrected chi connectivity index (χ3v) is 4.69. The molecule has 0 bridgehead atoms. The Bertz CT molecular complexity index is 1030. The van der Waals surface area contributed by atoms with Gasteiger partial charge in [-0.2, -0.15) is 0 Å². The van der Waals surface area contributed by atoms with Gasteiger partial charge in [0, 0.05) is 31.6 Å². The molecule has 1 saturated heterocycles. The Balaban J connectivity index is 1.37. The molecule has 0 atom stereocenters. The molecule has 0 unspecified atom stereocenters. The van der Waals surface area contributed by atoms with Gasteiger partial charge in [0.05, 0.1) is 11.8 Å². The van der Waals surface area contributed by atoms with Crippen molar-refractivity contribution in [3.8, 4) is 0 Å². The fourth-order valence-electron chi connectivity index (χ4n) is 3.37. The van der Waals surface area contributed by atoms with Gasteiger partial charge in [-0.3, -0.25) is 0 Å². The maximum atomic E-state index is 4.80. The number of pyridine rings is 1. The van der Waals surface area contributed by atoms with Crippen molar-refractivity contribution in [3.05, 3.63) is 49.1 Å². The Morgan fingerprint density at radius 3 is 2.60 bits per heavy atom. The third-order valence-electron chi connectivity index (χ3n) is 4.69. The van der Waals surface area contributed by atoms with Crippen molar-refractivity contribution in [3.63, 3.8) is 0 Å². The molecular weight excluding hydrogens is 314 g/mol. The monoisotopic (exact) mass is 331 g/mol. The van der Waals surface area contributed by atoms with Gasteiger partial charge >= 0.3 is 0 Å². The van der Waals surface area contributed by atoms with Gasteiger partial charge in [0.15, 0.2) is 11.5 Å². The van der Waals surface area contributed by atoms with Crippen LogP contribution >= 0.6 is 0 Å². The van der Waals surface area contributed by atoms with Crippen LogP contribution in [0.15, 0.2) is 49.1 Å². The number of fused-ring (bicyclic) bond motifs is 2. The summed E-state index contributed by atoms with van der Waals surface area (Å²) in [7, 11) is 0. The van der Waals surface area contributed by atoms with Gasteiger partial charge in [0.25, 0.3) is 0 Å². The molecule has 1 fully saturated rings. The molecule has 0 amide bonds. The summed E-state index contributed by atoms with van der Waals surface area (Å²) in [5, 5.41) is 1.17. The molecule has 5 rings (SSSR count). The Labute approximate surface area is 144 Å². The fraction of sp³-hybridized carbons (Fsp3) is 0.222. The van der Waals surface area contributed by atoms with Crippen LogP contribution in [0.1, 0.15) is 0 Å². The molecule has 7 nitrogen and oxygen atoms in total. The normalized spacial score (nSPS) is 15.2. The van der Waals surface area contributed by atoms with E-state index in [1.54, 1.807) is 12.7 Å². The number of piperazine rings is 1. The molecule has 4 aromatic rings. The lowest BCUT2D eigenvalue weighted by molar-refractivity contribution is 0.643. The highest BCUT2D eigenvalue weighted by atomic mass is 15.3. The van der Waals surface area contributed by atoms with E-state index in [0.29, 0.717) is 5.65 Å². The number of nitrogens with one attached hydrogen (secondary N) is 1. The molecule has 124 valence electrons. The molecule has 1 aliphatic heterocycles. The first-order valence-corrected chi connectivity index (χ1v) is 8.38. The standard InChI is InChI=1S/C18H17N7/c1-2-4-14-13(3-1)5-6-15(23-14)24-7-9-25(10-8-24)18-16-17(20-11-19-16)21-12-22-18/h1-6,11-12H,7-10H2,(H,19,20,21,22). The molecule has 0 aliphatic carbocycles. The van der Waals surface area contributed by atoms with E-state index in [-0.39, 0.29) is 0 Å². The van der Waals surface area contributed by atoms with Crippen LogP contribution in [0, 0.1) is 0 Å². The van der Waals surface area contributed by atoms with E-state index in [1.165, 1.54) is 5.39 Å². The van der Waals surface area contributed by atoms with E-state index in [4.69, 9.17) is 4.98 Å². The molecule has 25 heavy (non-hydrogen) atoms. The first kappa shape index (κ1) is 14.2. The molecule has 0 radical (unpaired) electrons. The number of para-hydroxylation sites is 1. The first-order chi connectivity index (χ1) is 12.4. The number of anilines is 2. The zero-order chi connectivity index (χ0) is 16.6. The lowest BCUT2D eigenvalue weighted by atomic mass is 10.2. The fourth-order valence-corrected chi connectivity index (χ4v) is 3.37. The smallest absolute Gasteiger partial charge is 0.182 e. The van der Waals surface area contributed by atoms with Gasteiger partial charge in [-0.05, 0) is 18.2 Å². The van der Waals surface area contributed by atoms with Crippen LogP contribution in [0.2, 0.25) is 0 Å². The Morgan fingerprint density at radius 1 is 0.840 bits per heavy atom. The van der Waals surface area contributed by atoms with Crippen LogP contribution in [-0.2, 0) is 0 Å². The van der Waals surface area contributed by atoms with Crippen molar-refractivity contribution >= 4 is 33.7 Å². The van der Waals surface area contributed by atoms with Crippen molar-refractivity contribution in [1.82, 2.24) is 24.9 Å². The summed E-state index contributed by atoms with van der Waals surface area (Å²) < 4.78 is 0. The van der Waals surface area contributed by atoms with Gasteiger partial charge in [0.2, 0.25) is 0 Å². The van der Waals surface area contributed by atoms with Crippen LogP contribution in [0.25, 0.3) is 22.1 Å². The Hall–Kier alpha value is -3.22. The molecule has 7 heteroatoms. The van der Waals surface area contributed by atoms with Crippen LogP contribution in [0.5, 0.6) is 0 Å². The van der Waals surface area contributed by atoms with E-state index < -0.39 is 0 Å². The summed E-state index contributed by atoms with van der Waals surface area (Å²) in [5.74, 6) is 1.96. The Morgan fingerprint density at radius 2 is 1.68 bits per heavy atom. The van der Waals surface area contributed by atoms with Gasteiger partial charge in [-0.15, -0.1) is 0 Å². The largest absolute Gasteiger partial charge is 0.353 e. The summed E-state index contributed by atoms with van der Waals surface area (Å²) in [6.07, 6.45) is 3.24. The average molecular weight is 331 g/mol. The van der Waals surface area contributed by atoms with E-state index in [0.717, 1.165) is 48.8 Å². The first-order valence-electron chi connectivity index (χ1n) is 8.38. The number of aromatic amines is 1. The molecular formula is C18H17N7. The van der Waals surface area contributed by atoms with Gasteiger partial charge in [0.1, 0.15) is 17.7 Å². The van der Waals surface area contributed by atoms with Crippen molar-refractivity contribution in [1.29, 1.82) is 0 Å². The number of hydrogen-bond donors (Lipinski definition) is 1. The highest BCUT2D eigenvalue weighted by Crippen LogP contribution is 2.23. The minimum atomic E-state index is 0.712. The van der Waals surface area contributed by atoms with Crippen LogP contribution in [0.3, 0.4) is 0 Å². The zero-order valence-corrected chi connectivity index (χ0v) is 13.6. The van der Waals surface area contributed by atoms with Crippen LogP contribution < -0.4 is 9.80 Å². The zero-order valence-electron chi connectivity index (χ0n) is 13.6. The molecule has 3 aromatic heterocycles. The van der Waals surface area contributed by atoms with Crippen molar-refractivity contribution in [2.24, 2.45) is 0 Å². The van der Waals surface area contributed by atoms with Crippen LogP contribution in [0.4, 0.5) is 11.6 Å². The van der Waals surface area contributed by atoms with Crippen molar-refractivity contribution in [2.45, 2.75) is 0 Å². The van der Waals surface area contributed by atoms with Crippen molar-refractivity contribution in [2.75, 3.05) is 36.0 Å². The Kier molecular flexibility index (Phi) is 3.22. The summed E-state index contributed by atoms with van der Waals surface area (Å²) in [6.45, 7) is 3.59. The lowest BCUT2D eigenvalue weighted by Crippen LogP contribution is -2.47.